The third-order valence-electron chi connectivity index (χ3n) is 4.59. The second-order valence-corrected chi connectivity index (χ2v) is 8.34. The Hall–Kier alpha value is -2.95. The number of sulfonamides is 1. The van der Waals surface area contributed by atoms with Gasteiger partial charge in [-0.15, -0.1) is 0 Å². The predicted octanol–water partition coefficient (Wildman–Crippen LogP) is 1.75. The van der Waals surface area contributed by atoms with E-state index in [0.717, 1.165) is 0 Å². The van der Waals surface area contributed by atoms with Gasteiger partial charge in [0.2, 0.25) is 10.0 Å². The molecule has 1 fully saturated rings. The Morgan fingerprint density at radius 2 is 1.70 bits per heavy atom. The first-order chi connectivity index (χ1) is 14.4. The van der Waals surface area contributed by atoms with E-state index in [9.17, 15) is 18.0 Å². The van der Waals surface area contributed by atoms with E-state index in [1.54, 1.807) is 12.1 Å². The van der Waals surface area contributed by atoms with Gasteiger partial charge < -0.3 is 19.5 Å². The fourth-order valence-corrected chi connectivity index (χ4v) is 4.40. The zero-order valence-electron chi connectivity index (χ0n) is 16.6. The van der Waals surface area contributed by atoms with Gasteiger partial charge in [-0.05, 0) is 42.5 Å². The van der Waals surface area contributed by atoms with Crippen molar-refractivity contribution >= 4 is 27.6 Å². The number of ether oxygens (including phenoxy) is 3. The van der Waals surface area contributed by atoms with Gasteiger partial charge in [-0.3, -0.25) is 4.79 Å². The molecule has 1 aliphatic heterocycles. The average molecular weight is 434 g/mol. The number of nitrogens with zero attached hydrogens (tertiary/aromatic N) is 1. The van der Waals surface area contributed by atoms with Crippen LogP contribution < -0.4 is 10.1 Å². The molecule has 0 aromatic heterocycles. The van der Waals surface area contributed by atoms with Crippen LogP contribution in [-0.2, 0) is 19.5 Å². The summed E-state index contributed by atoms with van der Waals surface area (Å²) < 4.78 is 42.2. The Morgan fingerprint density at radius 3 is 2.30 bits per heavy atom. The van der Waals surface area contributed by atoms with E-state index in [4.69, 9.17) is 9.47 Å². The van der Waals surface area contributed by atoms with Crippen molar-refractivity contribution in [3.8, 4) is 5.75 Å². The average Bonchev–Trinajstić information content (AvgIpc) is 2.79. The van der Waals surface area contributed by atoms with Gasteiger partial charge in [-0.1, -0.05) is 0 Å². The van der Waals surface area contributed by atoms with Crippen LogP contribution in [0.1, 0.15) is 20.7 Å². The minimum Gasteiger partial charge on any atom is -0.496 e. The summed E-state index contributed by atoms with van der Waals surface area (Å²) in [5.41, 5.74) is 0.840. The second kappa shape index (κ2) is 9.24. The van der Waals surface area contributed by atoms with Gasteiger partial charge in [0, 0.05) is 18.8 Å². The lowest BCUT2D eigenvalue weighted by atomic mass is 10.1. The molecule has 2 aromatic rings. The molecule has 2 aromatic carbocycles. The summed E-state index contributed by atoms with van der Waals surface area (Å²) in [6.45, 7) is 1.15. The molecule has 9 nitrogen and oxygen atoms in total. The lowest BCUT2D eigenvalue weighted by molar-refractivity contribution is 0.0600. The smallest absolute Gasteiger partial charge is 0.337 e. The van der Waals surface area contributed by atoms with Gasteiger partial charge in [0.1, 0.15) is 5.75 Å². The topological polar surface area (TPSA) is 111 Å². The van der Waals surface area contributed by atoms with Crippen molar-refractivity contribution in [3.05, 3.63) is 53.6 Å². The highest BCUT2D eigenvalue weighted by Gasteiger charge is 2.28. The Kier molecular flexibility index (Phi) is 6.70. The monoisotopic (exact) mass is 434 g/mol. The number of hydrogen-bond donors (Lipinski definition) is 1. The Bertz CT molecular complexity index is 1030. The molecule has 0 radical (unpaired) electrons. The largest absolute Gasteiger partial charge is 0.496 e. The maximum Gasteiger partial charge on any atom is 0.337 e. The number of benzene rings is 2. The van der Waals surface area contributed by atoms with Crippen LogP contribution in [0.4, 0.5) is 5.69 Å². The van der Waals surface area contributed by atoms with Crippen LogP contribution in [0, 0.1) is 0 Å². The van der Waals surface area contributed by atoms with E-state index in [0.29, 0.717) is 24.5 Å². The molecule has 1 saturated heterocycles. The number of carbonyl (C=O) groups excluding carboxylic acids is 2. The highest BCUT2D eigenvalue weighted by atomic mass is 32.2. The summed E-state index contributed by atoms with van der Waals surface area (Å²) in [5.74, 6) is -0.799. The second-order valence-electron chi connectivity index (χ2n) is 6.40. The Labute approximate surface area is 174 Å². The third-order valence-corrected chi connectivity index (χ3v) is 6.48. The molecule has 1 aliphatic rings. The molecule has 0 saturated carbocycles. The van der Waals surface area contributed by atoms with E-state index < -0.39 is 21.9 Å². The van der Waals surface area contributed by atoms with E-state index in [2.05, 4.69) is 10.1 Å². The molecule has 0 aliphatic carbocycles. The van der Waals surface area contributed by atoms with Crippen LogP contribution in [0.5, 0.6) is 5.75 Å². The van der Waals surface area contributed by atoms with Crippen molar-refractivity contribution in [1.29, 1.82) is 0 Å². The standard InChI is InChI=1S/C20H22N2O7S/c1-27-18-8-7-16(30(25,26)22-9-11-29-12-10-22)13-17(18)19(23)21-15-5-3-14(4-6-15)20(24)28-2/h3-8,13H,9-12H2,1-2H3,(H,21,23). The molecule has 0 bridgehead atoms. The molecular weight excluding hydrogens is 412 g/mol. The Morgan fingerprint density at radius 1 is 1.03 bits per heavy atom. The van der Waals surface area contributed by atoms with Crippen LogP contribution >= 0.6 is 0 Å². The molecule has 1 amide bonds. The zero-order valence-corrected chi connectivity index (χ0v) is 17.4. The molecule has 10 heteroatoms. The molecular formula is C20H22N2O7S. The first-order valence-electron chi connectivity index (χ1n) is 9.12. The van der Waals surface area contributed by atoms with Gasteiger partial charge >= 0.3 is 5.97 Å². The summed E-state index contributed by atoms with van der Waals surface area (Å²) in [4.78, 5) is 24.3. The zero-order chi connectivity index (χ0) is 21.7. The fraction of sp³-hybridized carbons (Fsp3) is 0.300. The highest BCUT2D eigenvalue weighted by molar-refractivity contribution is 7.89. The summed E-state index contributed by atoms with van der Waals surface area (Å²) in [7, 11) is -1.09. The van der Waals surface area contributed by atoms with Gasteiger partial charge in [-0.25, -0.2) is 13.2 Å². The van der Waals surface area contributed by atoms with E-state index in [-0.39, 0.29) is 29.3 Å². The number of anilines is 1. The summed E-state index contributed by atoms with van der Waals surface area (Å²) >= 11 is 0. The van der Waals surface area contributed by atoms with Crippen molar-refractivity contribution in [2.45, 2.75) is 4.90 Å². The normalized spacial score (nSPS) is 14.7. The SMILES string of the molecule is COC(=O)c1ccc(NC(=O)c2cc(S(=O)(=O)N3CCOCC3)ccc2OC)cc1. The quantitative estimate of drug-likeness (QED) is 0.690. The molecule has 0 spiro atoms. The van der Waals surface area contributed by atoms with Crippen molar-refractivity contribution in [1.82, 2.24) is 4.31 Å². The molecule has 160 valence electrons. The van der Waals surface area contributed by atoms with Crippen LogP contribution in [0.15, 0.2) is 47.4 Å². The number of morpholine rings is 1. The van der Waals surface area contributed by atoms with E-state index in [1.165, 1.54) is 48.9 Å². The fourth-order valence-electron chi connectivity index (χ4n) is 2.97. The Balaban J connectivity index is 1.86. The van der Waals surface area contributed by atoms with E-state index >= 15 is 0 Å². The number of carbonyl (C=O) groups is 2. The first kappa shape index (κ1) is 21.8. The van der Waals surface area contributed by atoms with Crippen LogP contribution in [0.25, 0.3) is 0 Å². The number of esters is 1. The number of rotatable bonds is 6. The maximum atomic E-state index is 12.9. The summed E-state index contributed by atoms with van der Waals surface area (Å²) in [6, 6.07) is 10.3. The van der Waals surface area contributed by atoms with Crippen molar-refractivity contribution in [2.75, 3.05) is 45.8 Å². The highest BCUT2D eigenvalue weighted by Crippen LogP contribution is 2.26. The van der Waals surface area contributed by atoms with Gasteiger partial charge in [0.25, 0.3) is 5.91 Å². The summed E-state index contributed by atoms with van der Waals surface area (Å²) in [6.07, 6.45) is 0. The van der Waals surface area contributed by atoms with Crippen molar-refractivity contribution < 1.29 is 32.2 Å². The van der Waals surface area contributed by atoms with Crippen molar-refractivity contribution in [3.63, 3.8) is 0 Å². The minimum absolute atomic E-state index is 0.00334. The molecule has 1 heterocycles. The first-order valence-corrected chi connectivity index (χ1v) is 10.6. The van der Waals surface area contributed by atoms with Crippen LogP contribution in [0.2, 0.25) is 0 Å². The molecule has 30 heavy (non-hydrogen) atoms. The predicted molar refractivity (Wildman–Crippen MR) is 108 cm³/mol. The number of nitrogens with one attached hydrogen (secondary N) is 1. The number of methoxy groups -OCH3 is 2. The third kappa shape index (κ3) is 4.61. The maximum absolute atomic E-state index is 12.9. The van der Waals surface area contributed by atoms with E-state index in [1.807, 2.05) is 0 Å². The summed E-state index contributed by atoms with van der Waals surface area (Å²) in [5, 5.41) is 2.68. The van der Waals surface area contributed by atoms with Crippen molar-refractivity contribution in [2.24, 2.45) is 0 Å². The van der Waals surface area contributed by atoms with Crippen LogP contribution in [-0.4, -0.2) is 65.1 Å². The molecule has 3 rings (SSSR count). The van der Waals surface area contributed by atoms with Gasteiger partial charge in [-0.2, -0.15) is 4.31 Å². The van der Waals surface area contributed by atoms with Gasteiger partial charge in [0.15, 0.2) is 0 Å². The lowest BCUT2D eigenvalue weighted by Gasteiger charge is -2.26. The molecule has 1 N–H and O–H groups in total. The van der Waals surface area contributed by atoms with Crippen LogP contribution in [0.3, 0.4) is 0 Å². The number of hydrogen-bond acceptors (Lipinski definition) is 7. The molecule has 0 unspecified atom stereocenters. The van der Waals surface area contributed by atoms with Gasteiger partial charge in [0.05, 0.1) is 43.5 Å². The lowest BCUT2D eigenvalue weighted by Crippen LogP contribution is -2.40. The number of amides is 1. The molecule has 0 atom stereocenters. The minimum atomic E-state index is -3.77.